The number of carbonyl (C=O) groups is 1. The second-order valence-electron chi connectivity index (χ2n) is 7.60. The van der Waals surface area contributed by atoms with Gasteiger partial charge in [0, 0.05) is 6.54 Å². The van der Waals surface area contributed by atoms with Crippen molar-refractivity contribution in [3.8, 4) is 17.3 Å². The Kier molecular flexibility index (Phi) is 7.35. The van der Waals surface area contributed by atoms with Crippen LogP contribution in [0.15, 0.2) is 24.3 Å². The van der Waals surface area contributed by atoms with Gasteiger partial charge in [0.25, 0.3) is 5.91 Å². The van der Waals surface area contributed by atoms with E-state index in [-0.39, 0.29) is 49.2 Å². The van der Waals surface area contributed by atoms with Crippen LogP contribution in [0.3, 0.4) is 0 Å². The molecule has 0 aliphatic carbocycles. The molecule has 4 rings (SSSR count). The van der Waals surface area contributed by atoms with E-state index in [1.165, 1.54) is 30.1 Å². The highest BCUT2D eigenvalue weighted by molar-refractivity contribution is 5.93. The monoisotopic (exact) mass is 473 g/mol. The largest absolute Gasteiger partial charge is 0.494 e. The van der Waals surface area contributed by atoms with Crippen molar-refractivity contribution in [3.63, 3.8) is 0 Å². The van der Waals surface area contributed by atoms with Crippen LogP contribution >= 0.6 is 0 Å². The van der Waals surface area contributed by atoms with Crippen LogP contribution in [0.1, 0.15) is 21.9 Å². The number of methoxy groups -OCH3 is 1. The third-order valence-electron chi connectivity index (χ3n) is 5.03. The summed E-state index contributed by atoms with van der Waals surface area (Å²) >= 11 is 0. The molecule has 1 saturated heterocycles. The molecule has 1 aliphatic rings. The van der Waals surface area contributed by atoms with Crippen LogP contribution in [0.2, 0.25) is 0 Å². The molecule has 1 aromatic carbocycles. The number of nitrogens with one attached hydrogen (secondary N) is 1. The summed E-state index contributed by atoms with van der Waals surface area (Å²) in [6.45, 7) is 2.61. The quantitative estimate of drug-likeness (QED) is 0.468. The van der Waals surface area contributed by atoms with Crippen molar-refractivity contribution in [2.45, 2.75) is 32.2 Å². The lowest BCUT2D eigenvalue weighted by Gasteiger charge is -2.27. The minimum atomic E-state index is -0.480. The number of aryl methyl sites for hydroxylation is 1. The van der Waals surface area contributed by atoms with Crippen molar-refractivity contribution in [3.05, 3.63) is 47.2 Å². The number of rotatable bonds is 8. The molecule has 13 heteroatoms. The fraction of sp³-hybridized carbons (Fsp3) is 0.429. The summed E-state index contributed by atoms with van der Waals surface area (Å²) in [6, 6.07) is 5.82. The van der Waals surface area contributed by atoms with Gasteiger partial charge < -0.3 is 24.6 Å². The standard InChI is InChI=1S/C21H24FN7O5/c1-12-24-17(20-26-28-29(27-20)8-14-10-34-15(9-30)11-33-14)6-18(25-12)21(31)23-7-13-3-4-16(22)19(5-13)32-2/h3-6,14-15,30H,7-11H2,1-2H3,(H,23,31). The summed E-state index contributed by atoms with van der Waals surface area (Å²) in [6.07, 6.45) is -0.599. The zero-order valence-corrected chi connectivity index (χ0v) is 18.6. The molecule has 2 N–H and O–H groups in total. The van der Waals surface area contributed by atoms with Gasteiger partial charge >= 0.3 is 0 Å². The molecule has 3 aromatic rings. The minimum absolute atomic E-state index is 0.0967. The number of carbonyl (C=O) groups excluding carboxylic acids is 1. The number of nitrogens with zero attached hydrogens (tertiary/aromatic N) is 6. The lowest BCUT2D eigenvalue weighted by atomic mass is 10.2. The van der Waals surface area contributed by atoms with E-state index in [0.717, 1.165) is 0 Å². The van der Waals surface area contributed by atoms with Gasteiger partial charge in [0.15, 0.2) is 11.6 Å². The van der Waals surface area contributed by atoms with Crippen molar-refractivity contribution in [1.82, 2.24) is 35.5 Å². The van der Waals surface area contributed by atoms with Gasteiger partial charge in [0.2, 0.25) is 5.82 Å². The number of hydrogen-bond donors (Lipinski definition) is 2. The number of aliphatic hydroxyl groups excluding tert-OH is 1. The molecule has 0 bridgehead atoms. The topological polar surface area (TPSA) is 146 Å². The third kappa shape index (κ3) is 5.68. The lowest BCUT2D eigenvalue weighted by Crippen LogP contribution is -2.40. The second kappa shape index (κ2) is 10.6. The summed E-state index contributed by atoms with van der Waals surface area (Å²) in [4.78, 5) is 22.5. The summed E-state index contributed by atoms with van der Waals surface area (Å²) in [5.74, 6) is -0.228. The number of benzene rings is 1. The van der Waals surface area contributed by atoms with Crippen molar-refractivity contribution in [2.75, 3.05) is 26.9 Å². The average molecular weight is 473 g/mol. The Hall–Kier alpha value is -3.55. The summed E-state index contributed by atoms with van der Waals surface area (Å²) in [5.41, 5.74) is 1.14. The highest BCUT2D eigenvalue weighted by Gasteiger charge is 2.23. The zero-order valence-electron chi connectivity index (χ0n) is 18.6. The maximum absolute atomic E-state index is 13.6. The summed E-state index contributed by atoms with van der Waals surface area (Å²) < 4.78 is 29.7. The molecular formula is C21H24FN7O5. The summed E-state index contributed by atoms with van der Waals surface area (Å²) in [5, 5.41) is 24.2. The molecule has 0 spiro atoms. The van der Waals surface area contributed by atoms with E-state index < -0.39 is 11.7 Å². The van der Waals surface area contributed by atoms with Gasteiger partial charge in [-0.15, -0.1) is 10.2 Å². The number of ether oxygens (including phenoxy) is 3. The van der Waals surface area contributed by atoms with Crippen molar-refractivity contribution in [2.24, 2.45) is 0 Å². The number of tetrazole rings is 1. The smallest absolute Gasteiger partial charge is 0.270 e. The summed E-state index contributed by atoms with van der Waals surface area (Å²) in [7, 11) is 1.37. The molecule has 2 aromatic heterocycles. The van der Waals surface area contributed by atoms with Gasteiger partial charge in [-0.2, -0.15) is 4.80 Å². The Morgan fingerprint density at radius 3 is 2.79 bits per heavy atom. The molecule has 180 valence electrons. The molecule has 2 atom stereocenters. The molecule has 34 heavy (non-hydrogen) atoms. The molecule has 0 radical (unpaired) electrons. The van der Waals surface area contributed by atoms with E-state index in [1.54, 1.807) is 13.0 Å². The van der Waals surface area contributed by atoms with Crippen LogP contribution in [0.25, 0.3) is 11.5 Å². The van der Waals surface area contributed by atoms with Gasteiger partial charge in [-0.3, -0.25) is 4.79 Å². The molecule has 3 heterocycles. The first-order chi connectivity index (χ1) is 16.4. The number of amides is 1. The molecular weight excluding hydrogens is 449 g/mol. The molecule has 12 nitrogen and oxygen atoms in total. The Balaban J connectivity index is 1.41. The van der Waals surface area contributed by atoms with E-state index >= 15 is 0 Å². The maximum Gasteiger partial charge on any atom is 0.270 e. The average Bonchev–Trinajstić information content (AvgIpc) is 3.32. The Morgan fingerprint density at radius 1 is 1.26 bits per heavy atom. The van der Waals surface area contributed by atoms with Crippen LogP contribution in [-0.4, -0.2) is 80.3 Å². The van der Waals surface area contributed by atoms with Gasteiger partial charge in [-0.25, -0.2) is 14.4 Å². The third-order valence-corrected chi connectivity index (χ3v) is 5.03. The predicted octanol–water partition coefficient (Wildman–Crippen LogP) is 0.293. The number of halogens is 1. The minimum Gasteiger partial charge on any atom is -0.494 e. The Morgan fingerprint density at radius 2 is 2.06 bits per heavy atom. The van der Waals surface area contributed by atoms with E-state index in [4.69, 9.17) is 19.3 Å². The van der Waals surface area contributed by atoms with Crippen LogP contribution in [-0.2, 0) is 22.6 Å². The van der Waals surface area contributed by atoms with Crippen molar-refractivity contribution < 1.29 is 28.5 Å². The normalized spacial score (nSPS) is 18.0. The van der Waals surface area contributed by atoms with Crippen LogP contribution in [0, 0.1) is 12.7 Å². The van der Waals surface area contributed by atoms with Gasteiger partial charge in [-0.05, 0) is 35.9 Å². The lowest BCUT2D eigenvalue weighted by molar-refractivity contribution is -0.150. The second-order valence-corrected chi connectivity index (χ2v) is 7.60. The molecule has 1 aliphatic heterocycles. The fourth-order valence-electron chi connectivity index (χ4n) is 3.28. The SMILES string of the molecule is COc1cc(CNC(=O)c2cc(-c3nnn(CC4COC(CO)CO4)n3)nc(C)n2)ccc1F. The van der Waals surface area contributed by atoms with Crippen LogP contribution in [0.4, 0.5) is 4.39 Å². The van der Waals surface area contributed by atoms with Crippen molar-refractivity contribution >= 4 is 5.91 Å². The molecule has 2 unspecified atom stereocenters. The number of aliphatic hydroxyl groups is 1. The van der Waals surface area contributed by atoms with Crippen LogP contribution in [0.5, 0.6) is 5.75 Å². The highest BCUT2D eigenvalue weighted by atomic mass is 19.1. The first-order valence-corrected chi connectivity index (χ1v) is 10.5. The molecule has 1 fully saturated rings. The highest BCUT2D eigenvalue weighted by Crippen LogP contribution is 2.18. The number of aromatic nitrogens is 6. The van der Waals surface area contributed by atoms with E-state index in [2.05, 4.69) is 30.7 Å². The molecule has 1 amide bonds. The molecule has 0 saturated carbocycles. The predicted molar refractivity (Wildman–Crippen MR) is 114 cm³/mol. The zero-order chi connectivity index (χ0) is 24.1. The maximum atomic E-state index is 13.6. The Bertz CT molecular complexity index is 1150. The first-order valence-electron chi connectivity index (χ1n) is 10.5. The van der Waals surface area contributed by atoms with E-state index in [9.17, 15) is 9.18 Å². The Labute approximate surface area is 194 Å². The fourth-order valence-corrected chi connectivity index (χ4v) is 3.28. The van der Waals surface area contributed by atoms with E-state index in [1.807, 2.05) is 0 Å². The number of hydrogen-bond acceptors (Lipinski definition) is 10. The van der Waals surface area contributed by atoms with Gasteiger partial charge in [0.05, 0.1) is 33.5 Å². The first kappa shape index (κ1) is 23.6. The van der Waals surface area contributed by atoms with E-state index in [0.29, 0.717) is 30.2 Å². The van der Waals surface area contributed by atoms with Crippen molar-refractivity contribution in [1.29, 1.82) is 0 Å². The van der Waals surface area contributed by atoms with Gasteiger partial charge in [0.1, 0.15) is 29.4 Å². The van der Waals surface area contributed by atoms with Gasteiger partial charge in [-0.1, -0.05) is 6.07 Å². The van der Waals surface area contributed by atoms with Crippen LogP contribution < -0.4 is 10.1 Å².